The maximum atomic E-state index is 10.8. The van der Waals surface area contributed by atoms with Crippen molar-refractivity contribution in [3.63, 3.8) is 0 Å². The van der Waals surface area contributed by atoms with Gasteiger partial charge in [-0.15, -0.1) is 0 Å². The Hall–Kier alpha value is -1.20. The molecule has 0 heterocycles. The molecule has 0 saturated heterocycles. The van der Waals surface area contributed by atoms with Gasteiger partial charge in [-0.3, -0.25) is 0 Å². The lowest BCUT2D eigenvalue weighted by molar-refractivity contribution is -0.137. The molecule has 80 valence electrons. The van der Waals surface area contributed by atoms with Crippen LogP contribution in [0, 0.1) is 7.11 Å². The Bertz CT molecular complexity index is 188. The first-order valence-corrected chi connectivity index (χ1v) is 4.21. The molecule has 0 amide bonds. The van der Waals surface area contributed by atoms with Crippen molar-refractivity contribution in [2.75, 3.05) is 26.4 Å². The van der Waals surface area contributed by atoms with Crippen LogP contribution < -0.4 is 0 Å². The van der Waals surface area contributed by atoms with Gasteiger partial charge in [-0.25, -0.2) is 4.79 Å². The summed E-state index contributed by atoms with van der Waals surface area (Å²) in [4.78, 5) is 10.8. The van der Waals surface area contributed by atoms with Crippen LogP contribution in [0.3, 0.4) is 0 Å². The van der Waals surface area contributed by atoms with Crippen LogP contribution in [0.1, 0.15) is 6.92 Å². The van der Waals surface area contributed by atoms with E-state index in [1.54, 1.807) is 6.92 Å². The van der Waals surface area contributed by atoms with Gasteiger partial charge in [0.05, 0.1) is 19.3 Å². The highest BCUT2D eigenvalue weighted by atomic mass is 16.5. The zero-order valence-electron chi connectivity index (χ0n) is 8.19. The summed E-state index contributed by atoms with van der Waals surface area (Å²) in [7, 11) is 3.14. The Morgan fingerprint density at radius 3 is 2.79 bits per heavy atom. The molecule has 0 unspecified atom stereocenters. The van der Waals surface area contributed by atoms with E-state index < -0.39 is 5.97 Å². The van der Waals surface area contributed by atoms with Crippen LogP contribution in [0.15, 0.2) is 11.8 Å². The summed E-state index contributed by atoms with van der Waals surface area (Å²) in [5.41, 5.74) is 0. The smallest absolute Gasteiger partial charge is 0.334 e. The van der Waals surface area contributed by atoms with Crippen LogP contribution in [0.2, 0.25) is 0 Å². The van der Waals surface area contributed by atoms with Crippen molar-refractivity contribution in [3.8, 4) is 0 Å². The molecule has 0 saturated carbocycles. The number of aliphatic hydroxyl groups excluding tert-OH is 1. The molecule has 0 aromatic rings. The molecule has 0 aliphatic rings. The average molecular weight is 203 g/mol. The number of ether oxygens (including phenoxy) is 3. The number of hydrogen-bond donors (Lipinski definition) is 1. The predicted molar refractivity (Wildman–Crippen MR) is 49.5 cm³/mol. The highest BCUT2D eigenvalue weighted by Gasteiger charge is 2.00. The standard InChI is InChI=1S/C9H14O5/c1-3-14-9(11)6-8(10)7-13-5-4-12-2/h6H,2-5,7H2,1H3/p+1. The maximum absolute atomic E-state index is 10.8. The van der Waals surface area contributed by atoms with Gasteiger partial charge in [-0.1, -0.05) is 0 Å². The zero-order chi connectivity index (χ0) is 10.8. The number of esters is 1. The van der Waals surface area contributed by atoms with E-state index in [0.29, 0.717) is 13.2 Å². The molecule has 14 heavy (non-hydrogen) atoms. The summed E-state index contributed by atoms with van der Waals surface area (Å²) in [6, 6.07) is 0. The second kappa shape index (κ2) is 8.40. The van der Waals surface area contributed by atoms with Crippen LogP contribution in [0.5, 0.6) is 0 Å². The van der Waals surface area contributed by atoms with Gasteiger partial charge in [-0.2, -0.15) is 4.74 Å². The Morgan fingerprint density at radius 1 is 1.50 bits per heavy atom. The lowest BCUT2D eigenvalue weighted by atomic mass is 10.4. The first-order valence-electron chi connectivity index (χ1n) is 4.21. The van der Waals surface area contributed by atoms with Crippen molar-refractivity contribution in [3.05, 3.63) is 18.9 Å². The third-order valence-electron chi connectivity index (χ3n) is 1.19. The molecular formula is C9H15O5+. The van der Waals surface area contributed by atoms with Gasteiger partial charge in [-0.05, 0) is 6.92 Å². The summed E-state index contributed by atoms with van der Waals surface area (Å²) < 4.78 is 14.0. The fraction of sp³-hybridized carbons (Fsp3) is 0.556. The Balaban J connectivity index is 3.60. The molecule has 0 fully saturated rings. The molecule has 0 aliphatic heterocycles. The fourth-order valence-electron chi connectivity index (χ4n) is 0.656. The van der Waals surface area contributed by atoms with Gasteiger partial charge in [0.2, 0.25) is 7.11 Å². The molecule has 0 atom stereocenters. The summed E-state index contributed by atoms with van der Waals surface area (Å²) in [5.74, 6) is -0.755. The van der Waals surface area contributed by atoms with Crippen molar-refractivity contribution in [1.82, 2.24) is 0 Å². The molecular weight excluding hydrogens is 188 g/mol. The second-order valence-electron chi connectivity index (χ2n) is 2.35. The number of aliphatic hydroxyl groups is 1. The van der Waals surface area contributed by atoms with Gasteiger partial charge in [0, 0.05) is 0 Å². The number of carbonyl (C=O) groups excluding carboxylic acids is 1. The summed E-state index contributed by atoms with van der Waals surface area (Å²) in [5, 5.41) is 9.12. The van der Waals surface area contributed by atoms with Gasteiger partial charge in [0.1, 0.15) is 19.0 Å². The van der Waals surface area contributed by atoms with E-state index in [1.807, 2.05) is 0 Å². The molecule has 0 aromatic carbocycles. The van der Waals surface area contributed by atoms with E-state index >= 15 is 0 Å². The third kappa shape index (κ3) is 7.45. The third-order valence-corrected chi connectivity index (χ3v) is 1.19. The quantitative estimate of drug-likeness (QED) is 0.218. The topological polar surface area (TPSA) is 65.0 Å². The largest absolute Gasteiger partial charge is 0.510 e. The summed E-state index contributed by atoms with van der Waals surface area (Å²) in [6.45, 7) is 2.57. The van der Waals surface area contributed by atoms with Crippen LogP contribution in [-0.2, 0) is 19.0 Å². The van der Waals surface area contributed by atoms with E-state index in [-0.39, 0.29) is 19.0 Å². The summed E-state index contributed by atoms with van der Waals surface area (Å²) >= 11 is 0. The molecule has 0 rings (SSSR count). The average Bonchev–Trinajstić information content (AvgIpc) is 2.13. The molecule has 0 radical (unpaired) electrons. The second-order valence-corrected chi connectivity index (χ2v) is 2.35. The SMILES string of the molecule is [CH2+]OCCOC/C(O)=C/C(=O)OCC. The molecule has 0 aliphatic carbocycles. The van der Waals surface area contributed by atoms with Gasteiger partial charge >= 0.3 is 5.97 Å². The Kier molecular flexibility index (Phi) is 7.68. The number of hydrogen-bond acceptors (Lipinski definition) is 5. The maximum Gasteiger partial charge on any atom is 0.334 e. The zero-order valence-corrected chi connectivity index (χ0v) is 8.19. The molecule has 0 spiro atoms. The minimum atomic E-state index is -0.581. The van der Waals surface area contributed by atoms with Crippen LogP contribution in [0.4, 0.5) is 0 Å². The normalized spacial score (nSPS) is 11.4. The summed E-state index contributed by atoms with van der Waals surface area (Å²) in [6.07, 6.45) is 0.981. The molecule has 0 aromatic heterocycles. The molecule has 0 bridgehead atoms. The van der Waals surface area contributed by atoms with Gasteiger partial charge < -0.3 is 14.6 Å². The molecule has 1 N–H and O–H groups in total. The van der Waals surface area contributed by atoms with E-state index in [2.05, 4.69) is 16.6 Å². The minimum Gasteiger partial charge on any atom is -0.510 e. The van der Waals surface area contributed by atoms with E-state index in [1.165, 1.54) is 0 Å². The lowest BCUT2D eigenvalue weighted by Gasteiger charge is -2.01. The monoisotopic (exact) mass is 203 g/mol. The first kappa shape index (κ1) is 12.8. The van der Waals surface area contributed by atoms with Crippen molar-refractivity contribution in [1.29, 1.82) is 0 Å². The molecule has 5 nitrogen and oxygen atoms in total. The van der Waals surface area contributed by atoms with Gasteiger partial charge in [0.15, 0.2) is 0 Å². The van der Waals surface area contributed by atoms with E-state index in [4.69, 9.17) is 9.84 Å². The lowest BCUT2D eigenvalue weighted by Crippen LogP contribution is -2.07. The molecule has 5 heteroatoms. The minimum absolute atomic E-state index is 0.0395. The predicted octanol–water partition coefficient (Wildman–Crippen LogP) is 0.816. The van der Waals surface area contributed by atoms with E-state index in [0.717, 1.165) is 6.08 Å². The van der Waals surface area contributed by atoms with E-state index in [9.17, 15) is 4.79 Å². The van der Waals surface area contributed by atoms with Crippen molar-refractivity contribution in [2.45, 2.75) is 6.92 Å². The van der Waals surface area contributed by atoms with Crippen LogP contribution in [-0.4, -0.2) is 37.5 Å². The van der Waals surface area contributed by atoms with Crippen molar-refractivity contribution < 1.29 is 24.1 Å². The van der Waals surface area contributed by atoms with Crippen LogP contribution >= 0.6 is 0 Å². The Morgan fingerprint density at radius 2 is 2.21 bits per heavy atom. The van der Waals surface area contributed by atoms with Crippen molar-refractivity contribution in [2.24, 2.45) is 0 Å². The number of carbonyl (C=O) groups is 1. The van der Waals surface area contributed by atoms with Crippen LogP contribution in [0.25, 0.3) is 0 Å². The fourth-order valence-corrected chi connectivity index (χ4v) is 0.656. The highest BCUT2D eigenvalue weighted by molar-refractivity contribution is 5.82. The van der Waals surface area contributed by atoms with Gasteiger partial charge in [0.25, 0.3) is 0 Å². The highest BCUT2D eigenvalue weighted by Crippen LogP contribution is 1.92. The Labute approximate surface area is 83.3 Å². The number of rotatable bonds is 7. The first-order chi connectivity index (χ1) is 6.70. The van der Waals surface area contributed by atoms with Crippen molar-refractivity contribution >= 4 is 5.97 Å².